The van der Waals surface area contributed by atoms with Crippen LogP contribution in [0.1, 0.15) is 53.6 Å². The Bertz CT molecular complexity index is 1100. The van der Waals surface area contributed by atoms with Crippen LogP contribution >= 0.6 is 11.8 Å². The molecule has 1 saturated carbocycles. The summed E-state index contributed by atoms with van der Waals surface area (Å²) in [6.45, 7) is 11.1. The number of rotatable bonds is 11. The number of nitrogens with one attached hydrogen (secondary N) is 1. The van der Waals surface area contributed by atoms with Crippen LogP contribution in [-0.2, 0) is 5.41 Å². The number of carbonyl (C=O) groups is 1. The monoisotopic (exact) mass is 482 g/mol. The Morgan fingerprint density at radius 1 is 1.47 bits per heavy atom. The zero-order valence-corrected chi connectivity index (χ0v) is 21.3. The van der Waals surface area contributed by atoms with Crippen LogP contribution in [0.5, 0.6) is 5.75 Å². The first-order chi connectivity index (χ1) is 16.3. The van der Waals surface area contributed by atoms with Gasteiger partial charge in [0.25, 0.3) is 0 Å². The van der Waals surface area contributed by atoms with E-state index in [0.29, 0.717) is 35.1 Å². The summed E-state index contributed by atoms with van der Waals surface area (Å²) >= 11 is 1.67. The molecule has 0 bridgehead atoms. The van der Waals surface area contributed by atoms with Crippen molar-refractivity contribution in [3.63, 3.8) is 0 Å². The average molecular weight is 483 g/mol. The van der Waals surface area contributed by atoms with Crippen molar-refractivity contribution in [2.75, 3.05) is 39.5 Å². The Hall–Kier alpha value is -2.58. The second-order valence-corrected chi connectivity index (χ2v) is 10.4. The van der Waals surface area contributed by atoms with Crippen molar-refractivity contribution in [1.82, 2.24) is 14.8 Å². The number of benzene rings is 1. The third kappa shape index (κ3) is 4.66. The molecule has 1 aliphatic heterocycles. The molecule has 2 aromatic rings. The lowest BCUT2D eigenvalue weighted by Crippen LogP contribution is -2.28. The highest BCUT2D eigenvalue weighted by molar-refractivity contribution is 8.02. The molecule has 7 nitrogen and oxygen atoms in total. The Kier molecular flexibility index (Phi) is 7.19. The standard InChI is InChI=1S/C26H34N4O3S/c1-6-22(31)21-9-8-19(12-23(21)32-5)26-13-20(26)14-30(15-26)10-7-11-34-18(3)29(4)25(27)24-17(2)28-16-33-24/h8-9,12,16,20,27H,3,6-7,10-11,13-15H2,1-2,4-5H3/t20?,26-/m0/s1. The number of piperidine rings is 1. The number of aromatic nitrogens is 1. The molecule has 1 saturated heterocycles. The second-order valence-electron chi connectivity index (χ2n) is 9.25. The van der Waals surface area contributed by atoms with Gasteiger partial charge in [0.15, 0.2) is 23.8 Å². The van der Waals surface area contributed by atoms with Gasteiger partial charge < -0.3 is 19.0 Å². The Balaban J connectivity index is 1.26. The van der Waals surface area contributed by atoms with E-state index >= 15 is 0 Å². The van der Waals surface area contributed by atoms with E-state index < -0.39 is 0 Å². The van der Waals surface area contributed by atoms with E-state index in [1.165, 1.54) is 18.4 Å². The molecule has 34 heavy (non-hydrogen) atoms. The van der Waals surface area contributed by atoms with Crippen LogP contribution in [0.3, 0.4) is 0 Å². The zero-order chi connectivity index (χ0) is 24.5. The van der Waals surface area contributed by atoms with Gasteiger partial charge in [0.1, 0.15) is 5.75 Å². The molecule has 1 aromatic heterocycles. The summed E-state index contributed by atoms with van der Waals surface area (Å²) in [6.07, 6.45) is 4.12. The predicted molar refractivity (Wildman–Crippen MR) is 136 cm³/mol. The molecular formula is C26H34N4O3S. The maximum atomic E-state index is 12.2. The van der Waals surface area contributed by atoms with Gasteiger partial charge >= 0.3 is 0 Å². The van der Waals surface area contributed by atoms with Gasteiger partial charge in [0, 0.05) is 37.7 Å². The highest BCUT2D eigenvalue weighted by atomic mass is 32.2. The van der Waals surface area contributed by atoms with E-state index in [1.807, 2.05) is 27.0 Å². The molecule has 8 heteroatoms. The van der Waals surface area contributed by atoms with Gasteiger partial charge in [-0.15, -0.1) is 11.8 Å². The van der Waals surface area contributed by atoms with Gasteiger partial charge in [-0.1, -0.05) is 19.6 Å². The van der Waals surface area contributed by atoms with Crippen LogP contribution in [0.15, 0.2) is 40.6 Å². The molecule has 4 rings (SSSR count). The minimum atomic E-state index is 0.122. The van der Waals surface area contributed by atoms with Crippen LogP contribution in [0.2, 0.25) is 0 Å². The van der Waals surface area contributed by atoms with E-state index in [0.717, 1.165) is 36.8 Å². The number of methoxy groups -OCH3 is 1. The van der Waals surface area contributed by atoms with Crippen molar-refractivity contribution >= 4 is 23.4 Å². The number of fused-ring (bicyclic) bond motifs is 1. The van der Waals surface area contributed by atoms with Crippen LogP contribution in [-0.4, -0.2) is 65.9 Å². The third-order valence-corrected chi connectivity index (χ3v) is 8.27. The number of amidine groups is 1. The number of ketones is 1. The summed E-state index contributed by atoms with van der Waals surface area (Å²) in [6, 6.07) is 6.17. The fourth-order valence-electron chi connectivity index (χ4n) is 5.01. The number of aryl methyl sites for hydroxylation is 1. The van der Waals surface area contributed by atoms with Crippen molar-refractivity contribution in [3.8, 4) is 5.75 Å². The smallest absolute Gasteiger partial charge is 0.192 e. The summed E-state index contributed by atoms with van der Waals surface area (Å²) in [4.78, 5) is 20.6. The number of ether oxygens (including phenoxy) is 1. The van der Waals surface area contributed by atoms with Gasteiger partial charge in [-0.05, 0) is 49.9 Å². The number of carbonyl (C=O) groups excluding carboxylic acids is 1. The maximum absolute atomic E-state index is 12.2. The summed E-state index contributed by atoms with van der Waals surface area (Å²) in [5.41, 5.74) is 2.91. The fraction of sp³-hybridized carbons (Fsp3) is 0.500. The van der Waals surface area contributed by atoms with Crippen LogP contribution in [0, 0.1) is 18.3 Å². The van der Waals surface area contributed by atoms with Crippen molar-refractivity contribution in [3.05, 3.63) is 58.8 Å². The van der Waals surface area contributed by atoms with Crippen molar-refractivity contribution in [2.24, 2.45) is 5.92 Å². The Labute approximate surface area is 206 Å². The number of hydrogen-bond acceptors (Lipinski definition) is 7. The molecule has 182 valence electrons. The summed E-state index contributed by atoms with van der Waals surface area (Å²) in [5, 5.41) is 9.16. The first kappa shape index (κ1) is 24.5. The average Bonchev–Trinajstić information content (AvgIpc) is 3.17. The van der Waals surface area contributed by atoms with E-state index in [-0.39, 0.29) is 17.0 Å². The van der Waals surface area contributed by atoms with Crippen molar-refractivity contribution < 1.29 is 13.9 Å². The molecule has 1 aliphatic carbocycles. The van der Waals surface area contributed by atoms with E-state index in [1.54, 1.807) is 23.8 Å². The molecule has 2 aliphatic rings. The van der Waals surface area contributed by atoms with Crippen LogP contribution < -0.4 is 4.74 Å². The summed E-state index contributed by atoms with van der Waals surface area (Å²) < 4.78 is 10.9. The highest BCUT2D eigenvalue weighted by Crippen LogP contribution is 2.59. The minimum absolute atomic E-state index is 0.122. The number of nitrogens with zero attached hydrogens (tertiary/aromatic N) is 3. The van der Waals surface area contributed by atoms with Gasteiger partial charge in [-0.25, -0.2) is 4.98 Å². The normalized spacial score (nSPS) is 21.2. The predicted octanol–water partition coefficient (Wildman–Crippen LogP) is 4.71. The highest BCUT2D eigenvalue weighted by Gasteiger charge is 2.60. The lowest BCUT2D eigenvalue weighted by Gasteiger charge is -2.23. The second kappa shape index (κ2) is 9.96. The Morgan fingerprint density at radius 2 is 2.26 bits per heavy atom. The molecule has 1 unspecified atom stereocenters. The fourth-order valence-corrected chi connectivity index (χ4v) is 5.80. The van der Waals surface area contributed by atoms with Gasteiger partial charge in [0.05, 0.1) is 23.4 Å². The quantitative estimate of drug-likeness (QED) is 0.215. The number of likely N-dealkylation sites (tertiary alicyclic amines) is 1. The molecule has 0 amide bonds. The maximum Gasteiger partial charge on any atom is 0.192 e. The molecular weight excluding hydrogens is 448 g/mol. The number of oxazole rings is 1. The van der Waals surface area contributed by atoms with E-state index in [9.17, 15) is 4.79 Å². The lowest BCUT2D eigenvalue weighted by molar-refractivity contribution is 0.0985. The third-order valence-electron chi connectivity index (χ3n) is 7.17. The molecule has 1 aromatic carbocycles. The van der Waals surface area contributed by atoms with Crippen molar-refractivity contribution in [1.29, 1.82) is 5.41 Å². The lowest BCUT2D eigenvalue weighted by atomic mass is 9.92. The summed E-state index contributed by atoms with van der Waals surface area (Å²) in [5.74, 6) is 3.21. The first-order valence-electron chi connectivity index (χ1n) is 11.8. The molecule has 1 N–H and O–H groups in total. The van der Waals surface area contributed by atoms with Crippen LogP contribution in [0.4, 0.5) is 0 Å². The molecule has 2 heterocycles. The largest absolute Gasteiger partial charge is 0.496 e. The minimum Gasteiger partial charge on any atom is -0.496 e. The Morgan fingerprint density at radius 3 is 2.94 bits per heavy atom. The van der Waals surface area contributed by atoms with Gasteiger partial charge in [0.2, 0.25) is 0 Å². The van der Waals surface area contributed by atoms with Gasteiger partial charge in [-0.2, -0.15) is 0 Å². The zero-order valence-electron chi connectivity index (χ0n) is 20.5. The van der Waals surface area contributed by atoms with E-state index in [2.05, 4.69) is 28.6 Å². The van der Waals surface area contributed by atoms with E-state index in [4.69, 9.17) is 14.6 Å². The number of hydrogen-bond donors (Lipinski definition) is 1. The number of Topliss-reactive ketones (excluding diaryl/α,β-unsaturated/α-hetero) is 1. The van der Waals surface area contributed by atoms with Gasteiger partial charge in [-0.3, -0.25) is 10.2 Å². The van der Waals surface area contributed by atoms with Crippen molar-refractivity contribution in [2.45, 2.75) is 38.5 Å². The number of thioether (sulfide) groups is 1. The molecule has 0 spiro atoms. The topological polar surface area (TPSA) is 82.7 Å². The summed E-state index contributed by atoms with van der Waals surface area (Å²) in [7, 11) is 3.48. The SMILES string of the molecule is C=C(SCCCN1CC2C[C@@]2(c2ccc(C(=O)CC)c(OC)c2)C1)N(C)C(=N)c1ocnc1C. The molecule has 0 radical (unpaired) electrons. The van der Waals surface area contributed by atoms with Crippen LogP contribution in [0.25, 0.3) is 0 Å². The molecule has 2 atom stereocenters. The first-order valence-corrected chi connectivity index (χ1v) is 12.8. The molecule has 2 fully saturated rings.